The summed E-state index contributed by atoms with van der Waals surface area (Å²) in [7, 11) is 1.34. The highest BCUT2D eigenvalue weighted by atomic mass is 16.3. The zero-order chi connectivity index (χ0) is 22.8. The number of benzene rings is 1. The van der Waals surface area contributed by atoms with E-state index < -0.39 is 23.1 Å². The standard InChI is InChI=1S/C22H26N6O4/c1-3-12-11-27-9-7-13(12)10-22(27,23)19(30)14-6-8-24-15-4-5-16(29)18(17(14)15)28-21(32)26(2)20(31)25-28/h3-6,8,12-13,19,29-30H,1,7,9-11,23H2,2H3,(H,25,31)/t12-,13?,19+,22-/m1/s1. The minimum Gasteiger partial charge on any atom is -0.506 e. The van der Waals surface area contributed by atoms with Crippen LogP contribution >= 0.6 is 0 Å². The van der Waals surface area contributed by atoms with Crippen LogP contribution in [0.4, 0.5) is 0 Å². The van der Waals surface area contributed by atoms with Crippen LogP contribution in [0.15, 0.2) is 46.6 Å². The van der Waals surface area contributed by atoms with Crippen molar-refractivity contribution in [3.63, 3.8) is 0 Å². The molecular formula is C22H26N6O4. The molecule has 1 aromatic carbocycles. The molecule has 2 aromatic heterocycles. The topological polar surface area (TPSA) is 142 Å². The van der Waals surface area contributed by atoms with Crippen LogP contribution in [-0.2, 0) is 7.05 Å². The summed E-state index contributed by atoms with van der Waals surface area (Å²) in [6, 6.07) is 4.64. The van der Waals surface area contributed by atoms with Crippen molar-refractivity contribution in [1.29, 1.82) is 0 Å². The maximum absolute atomic E-state index is 12.7. The maximum Gasteiger partial charge on any atom is 0.351 e. The van der Waals surface area contributed by atoms with E-state index >= 15 is 0 Å². The summed E-state index contributed by atoms with van der Waals surface area (Å²) in [5.74, 6) is 0.423. The molecule has 168 valence electrons. The van der Waals surface area contributed by atoms with Crippen LogP contribution in [0.5, 0.6) is 5.75 Å². The number of aliphatic hydroxyl groups is 1. The average molecular weight is 438 g/mol. The smallest absolute Gasteiger partial charge is 0.351 e. The minimum atomic E-state index is -1.12. The molecule has 0 saturated carbocycles. The molecule has 3 aliphatic rings. The van der Waals surface area contributed by atoms with Crippen molar-refractivity contribution in [2.75, 3.05) is 13.1 Å². The fourth-order valence-electron chi connectivity index (χ4n) is 5.34. The number of hydrogen-bond donors (Lipinski definition) is 4. The van der Waals surface area contributed by atoms with Crippen LogP contribution in [0.3, 0.4) is 0 Å². The molecule has 2 unspecified atom stereocenters. The average Bonchev–Trinajstić information content (AvgIpc) is 3.05. The van der Waals surface area contributed by atoms with Crippen molar-refractivity contribution in [2.24, 2.45) is 24.6 Å². The fraction of sp³-hybridized carbons (Fsp3) is 0.409. The number of aromatic amines is 1. The van der Waals surface area contributed by atoms with Gasteiger partial charge in [-0.15, -0.1) is 6.58 Å². The monoisotopic (exact) mass is 438 g/mol. The van der Waals surface area contributed by atoms with Gasteiger partial charge in [0.15, 0.2) is 0 Å². The summed E-state index contributed by atoms with van der Waals surface area (Å²) in [5.41, 5.74) is 5.48. The highest BCUT2D eigenvalue weighted by molar-refractivity contribution is 5.93. The molecule has 32 heavy (non-hydrogen) atoms. The molecule has 0 aliphatic carbocycles. The molecule has 0 amide bonds. The van der Waals surface area contributed by atoms with E-state index in [2.05, 4.69) is 21.6 Å². The number of hydrogen-bond acceptors (Lipinski definition) is 7. The molecule has 5 heterocycles. The minimum absolute atomic E-state index is 0.0517. The van der Waals surface area contributed by atoms with Crippen molar-refractivity contribution in [1.82, 2.24) is 24.2 Å². The lowest BCUT2D eigenvalue weighted by atomic mass is 9.70. The number of phenols is 1. The van der Waals surface area contributed by atoms with E-state index in [1.165, 1.54) is 13.1 Å². The van der Waals surface area contributed by atoms with E-state index in [0.717, 1.165) is 22.2 Å². The first-order chi connectivity index (χ1) is 15.3. The number of aliphatic hydroxyl groups excluding tert-OH is 1. The number of phenolic OH excluding ortho intramolecular Hbond substituents is 1. The van der Waals surface area contributed by atoms with Crippen molar-refractivity contribution in [3.05, 3.63) is 63.6 Å². The summed E-state index contributed by atoms with van der Waals surface area (Å²) in [4.78, 5) is 31.2. The Balaban J connectivity index is 1.71. The molecule has 10 nitrogen and oxygen atoms in total. The molecule has 3 aliphatic heterocycles. The summed E-state index contributed by atoms with van der Waals surface area (Å²) >= 11 is 0. The second kappa shape index (κ2) is 7.16. The molecule has 3 saturated heterocycles. The number of rotatable bonds is 4. The number of H-pyrrole nitrogens is 1. The number of pyridine rings is 1. The quantitative estimate of drug-likeness (QED) is 0.430. The zero-order valence-corrected chi connectivity index (χ0v) is 17.7. The Morgan fingerprint density at radius 2 is 2.16 bits per heavy atom. The summed E-state index contributed by atoms with van der Waals surface area (Å²) in [6.07, 6.45) is 3.98. The lowest BCUT2D eigenvalue weighted by Gasteiger charge is -2.56. The normalized spacial score (nSPS) is 28.2. The van der Waals surface area contributed by atoms with Gasteiger partial charge in [0.05, 0.1) is 11.2 Å². The molecule has 0 spiro atoms. The Labute approximate surface area is 183 Å². The third kappa shape index (κ3) is 2.80. The van der Waals surface area contributed by atoms with Gasteiger partial charge >= 0.3 is 11.4 Å². The van der Waals surface area contributed by atoms with Gasteiger partial charge in [-0.3, -0.25) is 9.88 Å². The summed E-state index contributed by atoms with van der Waals surface area (Å²) in [5, 5.41) is 25.1. The number of nitrogens with zero attached hydrogens (tertiary/aromatic N) is 4. The van der Waals surface area contributed by atoms with Gasteiger partial charge in [0, 0.05) is 31.7 Å². The number of nitrogens with one attached hydrogen (secondary N) is 1. The third-order valence-electron chi connectivity index (χ3n) is 7.16. The van der Waals surface area contributed by atoms with Crippen molar-refractivity contribution in [2.45, 2.75) is 24.6 Å². The molecule has 3 fully saturated rings. The number of aromatic nitrogens is 4. The Bertz CT molecular complexity index is 1340. The SMILES string of the molecule is C=C[C@@H]1CN2CCC1C[C@]2(N)[C@@H](O)c1ccnc2ccc(O)c(-n3[nH]c(=O)n(C)c3=O)c12. The van der Waals surface area contributed by atoms with Crippen LogP contribution in [-0.4, -0.2) is 53.2 Å². The van der Waals surface area contributed by atoms with E-state index in [1.807, 2.05) is 6.08 Å². The Kier molecular flexibility index (Phi) is 4.63. The second-order valence-corrected chi connectivity index (χ2v) is 8.81. The molecule has 5 atom stereocenters. The van der Waals surface area contributed by atoms with E-state index in [-0.39, 0.29) is 11.4 Å². The predicted molar refractivity (Wildman–Crippen MR) is 118 cm³/mol. The van der Waals surface area contributed by atoms with Crippen molar-refractivity contribution < 1.29 is 10.2 Å². The van der Waals surface area contributed by atoms with Crippen LogP contribution < -0.4 is 17.1 Å². The number of fused-ring (bicyclic) bond motifs is 4. The van der Waals surface area contributed by atoms with Gasteiger partial charge in [-0.25, -0.2) is 19.3 Å². The fourth-order valence-corrected chi connectivity index (χ4v) is 5.34. The highest BCUT2D eigenvalue weighted by Gasteiger charge is 2.51. The number of aromatic hydroxyl groups is 1. The van der Waals surface area contributed by atoms with E-state index in [9.17, 15) is 19.8 Å². The van der Waals surface area contributed by atoms with Crippen LogP contribution in [0.2, 0.25) is 0 Å². The van der Waals surface area contributed by atoms with E-state index in [0.29, 0.717) is 41.3 Å². The highest BCUT2D eigenvalue weighted by Crippen LogP contribution is 2.47. The molecule has 2 bridgehead atoms. The zero-order valence-electron chi connectivity index (χ0n) is 17.7. The Hall–Kier alpha value is -3.21. The molecular weight excluding hydrogens is 412 g/mol. The molecule has 3 aromatic rings. The molecule has 10 heteroatoms. The van der Waals surface area contributed by atoms with E-state index in [4.69, 9.17) is 5.73 Å². The van der Waals surface area contributed by atoms with E-state index in [1.54, 1.807) is 18.3 Å². The van der Waals surface area contributed by atoms with Gasteiger partial charge < -0.3 is 15.9 Å². The largest absolute Gasteiger partial charge is 0.506 e. The van der Waals surface area contributed by atoms with Gasteiger partial charge in [-0.05, 0) is 48.4 Å². The van der Waals surface area contributed by atoms with Crippen LogP contribution in [0.25, 0.3) is 16.6 Å². The number of piperidine rings is 3. The Morgan fingerprint density at radius 3 is 2.78 bits per heavy atom. The maximum atomic E-state index is 12.7. The van der Waals surface area contributed by atoms with Crippen LogP contribution in [0, 0.1) is 11.8 Å². The van der Waals surface area contributed by atoms with Gasteiger partial charge in [0.2, 0.25) is 0 Å². The lowest BCUT2D eigenvalue weighted by Crippen LogP contribution is -2.68. The van der Waals surface area contributed by atoms with Crippen molar-refractivity contribution >= 4 is 10.9 Å². The number of nitrogens with two attached hydrogens (primary N) is 1. The first-order valence-electron chi connectivity index (χ1n) is 10.6. The van der Waals surface area contributed by atoms with Gasteiger partial charge in [-0.1, -0.05) is 6.08 Å². The molecule has 6 rings (SSSR count). The third-order valence-corrected chi connectivity index (χ3v) is 7.16. The molecule has 0 radical (unpaired) electrons. The predicted octanol–water partition coefficient (Wildman–Crippen LogP) is 0.334. The first-order valence-corrected chi connectivity index (χ1v) is 10.6. The second-order valence-electron chi connectivity index (χ2n) is 8.81. The summed E-state index contributed by atoms with van der Waals surface area (Å²) < 4.78 is 1.87. The molecule has 5 N–H and O–H groups in total. The van der Waals surface area contributed by atoms with Gasteiger partial charge in [-0.2, -0.15) is 4.68 Å². The summed E-state index contributed by atoms with van der Waals surface area (Å²) in [6.45, 7) is 5.43. The van der Waals surface area contributed by atoms with Crippen LogP contribution in [0.1, 0.15) is 24.5 Å². The van der Waals surface area contributed by atoms with Crippen molar-refractivity contribution in [3.8, 4) is 11.4 Å². The van der Waals surface area contributed by atoms with Gasteiger partial charge in [0.1, 0.15) is 17.5 Å². The Morgan fingerprint density at radius 1 is 1.38 bits per heavy atom. The van der Waals surface area contributed by atoms with Gasteiger partial charge in [0.25, 0.3) is 0 Å². The first kappa shape index (κ1) is 20.7. The lowest BCUT2D eigenvalue weighted by molar-refractivity contribution is -0.114.